The van der Waals surface area contributed by atoms with Crippen LogP contribution >= 0.6 is 0 Å². The summed E-state index contributed by atoms with van der Waals surface area (Å²) in [6.45, 7) is 10.6. The number of amides is 4. The van der Waals surface area contributed by atoms with Crippen LogP contribution < -0.4 is 10.6 Å². The highest BCUT2D eigenvalue weighted by molar-refractivity contribution is 6.04. The molecular weight excluding hydrogens is 713 g/mol. The second kappa shape index (κ2) is 20.0. The molecule has 0 unspecified atom stereocenters. The SMILES string of the molecule is CCCC[C@H](C)CCC(=O)N(C(=O)[C@@H](Cc1ccccc1)NC(=O)OC(C)(C)C)[C@@H](C[C@@]1(O)C=Nc2ccccc21)C(=O)N[C@@H](C)C(=O)OCc1ccccc1. The molecule has 12 nitrogen and oxygen atoms in total. The average Bonchev–Trinajstić information content (AvgIpc) is 3.50. The number of fused-ring (bicyclic) bond motifs is 1. The fourth-order valence-corrected chi connectivity index (χ4v) is 6.48. The molecule has 1 heterocycles. The molecule has 0 saturated heterocycles. The number of nitrogens with one attached hydrogen (secondary N) is 2. The first-order valence-electron chi connectivity index (χ1n) is 19.4. The van der Waals surface area contributed by atoms with Crippen LogP contribution in [0.3, 0.4) is 0 Å². The Morgan fingerprint density at radius 3 is 2.12 bits per heavy atom. The largest absolute Gasteiger partial charge is 0.459 e. The van der Waals surface area contributed by atoms with Gasteiger partial charge in [-0.2, -0.15) is 0 Å². The van der Waals surface area contributed by atoms with Gasteiger partial charge in [0, 0.05) is 31.0 Å². The molecule has 4 rings (SSSR count). The summed E-state index contributed by atoms with van der Waals surface area (Å²) in [7, 11) is 0. The van der Waals surface area contributed by atoms with Crippen LogP contribution in [0.2, 0.25) is 0 Å². The van der Waals surface area contributed by atoms with Gasteiger partial charge in [0.15, 0.2) is 0 Å². The van der Waals surface area contributed by atoms with E-state index in [1.807, 2.05) is 31.2 Å². The van der Waals surface area contributed by atoms with Gasteiger partial charge in [0.05, 0.1) is 5.69 Å². The first-order valence-corrected chi connectivity index (χ1v) is 19.4. The van der Waals surface area contributed by atoms with E-state index in [1.54, 1.807) is 81.4 Å². The highest BCUT2D eigenvalue weighted by Gasteiger charge is 2.46. The smallest absolute Gasteiger partial charge is 0.408 e. The van der Waals surface area contributed by atoms with Gasteiger partial charge in [0.1, 0.15) is 35.9 Å². The molecule has 1 aliphatic rings. The maximum Gasteiger partial charge on any atom is 0.408 e. The van der Waals surface area contributed by atoms with Gasteiger partial charge >= 0.3 is 12.1 Å². The second-order valence-electron chi connectivity index (χ2n) is 15.5. The predicted octanol–water partition coefficient (Wildman–Crippen LogP) is 6.69. The van der Waals surface area contributed by atoms with Crippen molar-refractivity contribution in [2.45, 2.75) is 122 Å². The third-order valence-corrected chi connectivity index (χ3v) is 9.52. The van der Waals surface area contributed by atoms with Crippen molar-refractivity contribution < 1.29 is 38.6 Å². The molecule has 300 valence electrons. The molecule has 12 heteroatoms. The topological polar surface area (TPSA) is 164 Å². The van der Waals surface area contributed by atoms with Crippen LogP contribution in [0.4, 0.5) is 10.5 Å². The zero-order valence-corrected chi connectivity index (χ0v) is 33.3. The van der Waals surface area contributed by atoms with Crippen molar-refractivity contribution in [3.05, 3.63) is 102 Å². The van der Waals surface area contributed by atoms with Crippen molar-refractivity contribution in [3.63, 3.8) is 0 Å². The normalized spacial score (nSPS) is 16.8. The number of benzene rings is 3. The number of carbonyl (C=O) groups is 5. The van der Waals surface area contributed by atoms with Crippen LogP contribution in [0, 0.1) is 5.92 Å². The summed E-state index contributed by atoms with van der Waals surface area (Å²) in [5.41, 5.74) is -0.509. The average molecular weight is 769 g/mol. The molecule has 56 heavy (non-hydrogen) atoms. The molecule has 3 N–H and O–H groups in total. The standard InChI is InChI=1S/C44H56N4O8/c1-7-8-17-30(2)24-25-38(49)48(40(51)36(26-32-18-11-9-12-19-32)47-42(53)56-43(4,5)6)37(27-44(54)29-45-35-23-16-15-22-34(35)44)39(50)46-31(3)41(52)55-28-33-20-13-10-14-21-33/h9-16,18-23,29-31,36-37,54H,7-8,17,24-28H2,1-6H3,(H,46,50)(H,47,53)/t30-,31-,36+,37-,44+/m0/s1. The Hall–Kier alpha value is -5.36. The molecule has 0 radical (unpaired) electrons. The quantitative estimate of drug-likeness (QED) is 0.121. The third-order valence-electron chi connectivity index (χ3n) is 9.52. The second-order valence-corrected chi connectivity index (χ2v) is 15.5. The fraction of sp³-hybridized carbons (Fsp3) is 0.455. The summed E-state index contributed by atoms with van der Waals surface area (Å²) >= 11 is 0. The molecular formula is C44H56N4O8. The first kappa shape index (κ1) is 43.4. The Balaban J connectivity index is 1.76. The van der Waals surface area contributed by atoms with E-state index in [-0.39, 0.29) is 25.4 Å². The van der Waals surface area contributed by atoms with Crippen LogP contribution in [0.5, 0.6) is 0 Å². The van der Waals surface area contributed by atoms with Crippen LogP contribution in [-0.4, -0.2) is 69.7 Å². The van der Waals surface area contributed by atoms with Gasteiger partial charge in [0.2, 0.25) is 11.8 Å². The minimum atomic E-state index is -1.88. The van der Waals surface area contributed by atoms with Crippen molar-refractivity contribution in [3.8, 4) is 0 Å². The Labute approximate surface area is 330 Å². The van der Waals surface area contributed by atoms with E-state index in [1.165, 1.54) is 13.1 Å². The number of hydrogen-bond donors (Lipinski definition) is 3. The Morgan fingerprint density at radius 2 is 1.48 bits per heavy atom. The van der Waals surface area contributed by atoms with E-state index < -0.39 is 65.5 Å². The van der Waals surface area contributed by atoms with Crippen molar-refractivity contribution in [2.75, 3.05) is 0 Å². The molecule has 0 fully saturated rings. The van der Waals surface area contributed by atoms with Gasteiger partial charge in [0.25, 0.3) is 5.91 Å². The van der Waals surface area contributed by atoms with Crippen LogP contribution in [-0.2, 0) is 47.3 Å². The zero-order valence-electron chi connectivity index (χ0n) is 33.3. The number of para-hydroxylation sites is 1. The van der Waals surface area contributed by atoms with Crippen molar-refractivity contribution >= 4 is 41.7 Å². The molecule has 0 aliphatic carbocycles. The summed E-state index contributed by atoms with van der Waals surface area (Å²) in [6, 6.07) is 20.6. The van der Waals surface area contributed by atoms with E-state index in [0.717, 1.165) is 29.7 Å². The number of nitrogens with zero attached hydrogens (tertiary/aromatic N) is 2. The molecule has 3 aromatic rings. The van der Waals surface area contributed by atoms with Gasteiger partial charge in [-0.1, -0.05) is 112 Å². The van der Waals surface area contributed by atoms with Gasteiger partial charge in [-0.3, -0.25) is 24.3 Å². The number of unbranched alkanes of at least 4 members (excludes halogenated alkanes) is 1. The van der Waals surface area contributed by atoms with E-state index in [9.17, 15) is 24.3 Å². The number of ether oxygens (including phenoxy) is 2. The van der Waals surface area contributed by atoms with E-state index >= 15 is 4.79 Å². The highest BCUT2D eigenvalue weighted by Crippen LogP contribution is 2.39. The minimum absolute atomic E-state index is 0.0346. The summed E-state index contributed by atoms with van der Waals surface area (Å²) < 4.78 is 11.0. The number of carbonyl (C=O) groups excluding carboxylic acids is 5. The van der Waals surface area contributed by atoms with E-state index in [0.29, 0.717) is 23.2 Å². The number of imide groups is 1. The van der Waals surface area contributed by atoms with Gasteiger partial charge < -0.3 is 25.2 Å². The summed E-state index contributed by atoms with van der Waals surface area (Å²) in [5, 5.41) is 17.4. The molecule has 5 atom stereocenters. The fourth-order valence-electron chi connectivity index (χ4n) is 6.48. The molecule has 0 aromatic heterocycles. The first-order chi connectivity index (χ1) is 26.6. The molecule has 0 bridgehead atoms. The van der Waals surface area contributed by atoms with Crippen LogP contribution in [0.15, 0.2) is 89.9 Å². The van der Waals surface area contributed by atoms with Gasteiger partial charge in [-0.25, -0.2) is 9.59 Å². The van der Waals surface area contributed by atoms with E-state index in [4.69, 9.17) is 9.47 Å². The van der Waals surface area contributed by atoms with Gasteiger partial charge in [-0.15, -0.1) is 0 Å². The number of hydrogen-bond acceptors (Lipinski definition) is 9. The molecule has 0 saturated carbocycles. The molecule has 3 aromatic carbocycles. The minimum Gasteiger partial charge on any atom is -0.459 e. The Morgan fingerprint density at radius 1 is 0.857 bits per heavy atom. The number of esters is 1. The summed E-state index contributed by atoms with van der Waals surface area (Å²) in [5.74, 6) is -3.03. The van der Waals surface area contributed by atoms with Crippen LogP contribution in [0.1, 0.15) is 96.8 Å². The monoisotopic (exact) mass is 768 g/mol. The number of aliphatic imine (C=N–C) groups is 1. The third kappa shape index (κ3) is 12.6. The summed E-state index contributed by atoms with van der Waals surface area (Å²) in [4.78, 5) is 75.8. The van der Waals surface area contributed by atoms with Crippen molar-refractivity contribution in [2.24, 2.45) is 10.9 Å². The lowest BCUT2D eigenvalue weighted by molar-refractivity contribution is -0.156. The number of aliphatic hydroxyl groups is 1. The van der Waals surface area contributed by atoms with Crippen LogP contribution in [0.25, 0.3) is 0 Å². The van der Waals surface area contributed by atoms with Crippen molar-refractivity contribution in [1.82, 2.24) is 15.5 Å². The predicted molar refractivity (Wildman–Crippen MR) is 214 cm³/mol. The number of alkyl carbamates (subject to hydrolysis) is 1. The lowest BCUT2D eigenvalue weighted by Gasteiger charge is -2.36. The van der Waals surface area contributed by atoms with Crippen molar-refractivity contribution in [1.29, 1.82) is 0 Å². The lowest BCUT2D eigenvalue weighted by atomic mass is 9.87. The maximum atomic E-state index is 15.0. The molecule has 1 aliphatic heterocycles. The molecule has 4 amide bonds. The molecule has 0 spiro atoms. The maximum absolute atomic E-state index is 15.0. The van der Waals surface area contributed by atoms with E-state index in [2.05, 4.69) is 22.5 Å². The Kier molecular flexibility index (Phi) is 15.5. The number of rotatable bonds is 18. The lowest BCUT2D eigenvalue weighted by Crippen LogP contribution is -2.61. The highest BCUT2D eigenvalue weighted by atomic mass is 16.6. The van der Waals surface area contributed by atoms with Gasteiger partial charge in [-0.05, 0) is 57.2 Å². The Bertz CT molecular complexity index is 1830. The zero-order chi connectivity index (χ0) is 40.9. The summed E-state index contributed by atoms with van der Waals surface area (Å²) in [6.07, 6.45) is 3.02.